The molecular formula is C16H22F3N3O3. The minimum absolute atomic E-state index is 0.0854. The van der Waals surface area contributed by atoms with Gasteiger partial charge in [0.05, 0.1) is 18.3 Å². The van der Waals surface area contributed by atoms with Crippen LogP contribution < -0.4 is 21.1 Å². The summed E-state index contributed by atoms with van der Waals surface area (Å²) in [5.41, 5.74) is 6.41. The van der Waals surface area contributed by atoms with Gasteiger partial charge in [-0.25, -0.2) is 0 Å². The van der Waals surface area contributed by atoms with Crippen LogP contribution >= 0.6 is 0 Å². The molecule has 2 amide bonds. The van der Waals surface area contributed by atoms with Crippen molar-refractivity contribution in [3.05, 3.63) is 23.8 Å². The largest absolute Gasteiger partial charge is 0.482 e. The van der Waals surface area contributed by atoms with E-state index in [2.05, 4.69) is 10.6 Å². The Bertz CT molecular complexity index is 618. The fraction of sp³-hybridized carbons (Fsp3) is 0.500. The molecule has 1 aromatic carbocycles. The topological polar surface area (TPSA) is 93.5 Å². The Labute approximate surface area is 143 Å². The van der Waals surface area contributed by atoms with Crippen LogP contribution in [0.25, 0.3) is 0 Å². The van der Waals surface area contributed by atoms with E-state index in [4.69, 9.17) is 10.5 Å². The van der Waals surface area contributed by atoms with Crippen molar-refractivity contribution in [2.45, 2.75) is 33.0 Å². The van der Waals surface area contributed by atoms with Crippen molar-refractivity contribution in [3.63, 3.8) is 0 Å². The summed E-state index contributed by atoms with van der Waals surface area (Å²) in [4.78, 5) is 23.6. The lowest BCUT2D eigenvalue weighted by Gasteiger charge is -2.16. The van der Waals surface area contributed by atoms with Gasteiger partial charge in [-0.1, -0.05) is 19.9 Å². The molecule has 0 heterocycles. The highest BCUT2D eigenvalue weighted by Crippen LogP contribution is 2.27. The smallest absolute Gasteiger partial charge is 0.422 e. The van der Waals surface area contributed by atoms with Crippen molar-refractivity contribution in [3.8, 4) is 5.75 Å². The van der Waals surface area contributed by atoms with Crippen LogP contribution in [0.4, 0.5) is 18.9 Å². The molecule has 25 heavy (non-hydrogen) atoms. The molecule has 1 atom stereocenters. The third-order valence-corrected chi connectivity index (χ3v) is 3.25. The maximum Gasteiger partial charge on any atom is 0.422 e. The molecule has 1 rings (SSSR count). The Morgan fingerprint density at radius 3 is 2.48 bits per heavy atom. The molecule has 6 nitrogen and oxygen atoms in total. The highest BCUT2D eigenvalue weighted by Gasteiger charge is 2.29. The summed E-state index contributed by atoms with van der Waals surface area (Å²) < 4.78 is 41.7. The fourth-order valence-corrected chi connectivity index (χ4v) is 1.79. The molecule has 0 spiro atoms. The molecule has 4 N–H and O–H groups in total. The predicted octanol–water partition coefficient (Wildman–Crippen LogP) is 1.97. The number of alkyl halides is 3. The van der Waals surface area contributed by atoms with Crippen molar-refractivity contribution in [1.29, 1.82) is 0 Å². The second-order valence-corrected chi connectivity index (χ2v) is 5.94. The third kappa shape index (κ3) is 7.42. The number of aryl methyl sites for hydroxylation is 1. The maximum absolute atomic E-state index is 12.3. The van der Waals surface area contributed by atoms with Crippen LogP contribution in [-0.4, -0.2) is 37.2 Å². The zero-order valence-electron chi connectivity index (χ0n) is 14.2. The number of benzene rings is 1. The van der Waals surface area contributed by atoms with E-state index >= 15 is 0 Å². The Morgan fingerprint density at radius 2 is 1.92 bits per heavy atom. The van der Waals surface area contributed by atoms with Crippen LogP contribution in [0.1, 0.15) is 19.4 Å². The molecule has 0 aliphatic carbocycles. The van der Waals surface area contributed by atoms with Gasteiger partial charge in [-0.05, 0) is 30.5 Å². The lowest BCUT2D eigenvalue weighted by Crippen LogP contribution is -2.46. The average molecular weight is 361 g/mol. The molecule has 0 fully saturated rings. The van der Waals surface area contributed by atoms with E-state index < -0.39 is 30.6 Å². The normalized spacial score (nSPS) is 12.6. The van der Waals surface area contributed by atoms with Gasteiger partial charge in [0.1, 0.15) is 5.75 Å². The van der Waals surface area contributed by atoms with Gasteiger partial charge >= 0.3 is 6.18 Å². The van der Waals surface area contributed by atoms with Crippen molar-refractivity contribution in [2.24, 2.45) is 11.7 Å². The minimum atomic E-state index is -4.49. The zero-order chi connectivity index (χ0) is 19.2. The van der Waals surface area contributed by atoms with Crippen LogP contribution in [0.5, 0.6) is 5.75 Å². The number of anilines is 1. The van der Waals surface area contributed by atoms with Gasteiger partial charge in [0, 0.05) is 0 Å². The van der Waals surface area contributed by atoms with Gasteiger partial charge in [0.15, 0.2) is 6.61 Å². The highest BCUT2D eigenvalue weighted by molar-refractivity contribution is 5.96. The Kier molecular flexibility index (Phi) is 7.22. The zero-order valence-corrected chi connectivity index (χ0v) is 14.2. The number of ether oxygens (including phenoxy) is 1. The van der Waals surface area contributed by atoms with E-state index in [-0.39, 0.29) is 23.9 Å². The van der Waals surface area contributed by atoms with Crippen LogP contribution in [0.15, 0.2) is 18.2 Å². The van der Waals surface area contributed by atoms with E-state index in [1.54, 1.807) is 26.8 Å². The molecule has 9 heteroatoms. The van der Waals surface area contributed by atoms with Gasteiger partial charge in [-0.2, -0.15) is 13.2 Å². The number of amides is 2. The van der Waals surface area contributed by atoms with Crippen LogP contribution in [0.2, 0.25) is 0 Å². The van der Waals surface area contributed by atoms with Gasteiger partial charge in [0.2, 0.25) is 11.8 Å². The van der Waals surface area contributed by atoms with Crippen LogP contribution in [0.3, 0.4) is 0 Å². The molecular weight excluding hydrogens is 339 g/mol. The second kappa shape index (κ2) is 8.70. The Balaban J connectivity index is 2.69. The van der Waals surface area contributed by atoms with Crippen LogP contribution in [0, 0.1) is 12.8 Å². The number of hydrogen-bond acceptors (Lipinski definition) is 4. The number of carbonyl (C=O) groups is 2. The van der Waals surface area contributed by atoms with E-state index in [1.807, 2.05) is 0 Å². The number of nitrogens with one attached hydrogen (secondary N) is 2. The molecule has 0 aliphatic heterocycles. The first kappa shape index (κ1) is 20.8. The average Bonchev–Trinajstić information content (AvgIpc) is 2.51. The number of nitrogens with two attached hydrogens (primary N) is 1. The number of halogens is 3. The molecule has 140 valence electrons. The Morgan fingerprint density at radius 1 is 1.28 bits per heavy atom. The van der Waals surface area contributed by atoms with Crippen molar-refractivity contribution >= 4 is 17.5 Å². The first-order valence-corrected chi connectivity index (χ1v) is 7.63. The highest BCUT2D eigenvalue weighted by atomic mass is 19.4. The number of carbonyl (C=O) groups excluding carboxylic acids is 2. The second-order valence-electron chi connectivity index (χ2n) is 5.94. The molecule has 0 saturated heterocycles. The maximum atomic E-state index is 12.3. The summed E-state index contributed by atoms with van der Waals surface area (Å²) >= 11 is 0. The molecule has 0 aliphatic rings. The summed E-state index contributed by atoms with van der Waals surface area (Å²) in [5.74, 6) is -1.29. The summed E-state index contributed by atoms with van der Waals surface area (Å²) in [6.45, 7) is 3.38. The molecule has 0 aromatic heterocycles. The standard InChI is InChI=1S/C16H22F3N3O3/c1-9(2)14(20)15(24)21-7-13(23)22-11-5-4-10(3)6-12(11)25-8-16(17,18)19/h4-6,9,14H,7-8,20H2,1-3H3,(H,21,24)(H,22,23)/t14-/m0/s1. The van der Waals surface area contributed by atoms with Gasteiger partial charge in [-0.3, -0.25) is 9.59 Å². The van der Waals surface area contributed by atoms with E-state index in [1.165, 1.54) is 12.1 Å². The quantitative estimate of drug-likeness (QED) is 0.692. The van der Waals surface area contributed by atoms with Gasteiger partial charge in [0.25, 0.3) is 0 Å². The monoisotopic (exact) mass is 361 g/mol. The number of rotatable bonds is 7. The molecule has 0 saturated carbocycles. The van der Waals surface area contributed by atoms with Gasteiger partial charge in [-0.15, -0.1) is 0 Å². The summed E-state index contributed by atoms with van der Waals surface area (Å²) in [6, 6.07) is 3.68. The Hall–Kier alpha value is -2.29. The first-order chi connectivity index (χ1) is 11.5. The van der Waals surface area contributed by atoms with Gasteiger partial charge < -0.3 is 21.1 Å². The van der Waals surface area contributed by atoms with Crippen molar-refractivity contribution in [2.75, 3.05) is 18.5 Å². The third-order valence-electron chi connectivity index (χ3n) is 3.25. The van der Waals surface area contributed by atoms with Crippen molar-refractivity contribution < 1.29 is 27.5 Å². The van der Waals surface area contributed by atoms with Crippen LogP contribution in [-0.2, 0) is 9.59 Å². The van der Waals surface area contributed by atoms with E-state index in [0.29, 0.717) is 5.56 Å². The fourth-order valence-electron chi connectivity index (χ4n) is 1.79. The van der Waals surface area contributed by atoms with E-state index in [9.17, 15) is 22.8 Å². The lowest BCUT2D eigenvalue weighted by atomic mass is 10.1. The molecule has 0 bridgehead atoms. The molecule has 1 aromatic rings. The summed E-state index contributed by atoms with van der Waals surface area (Å²) in [7, 11) is 0. The van der Waals surface area contributed by atoms with Crippen molar-refractivity contribution in [1.82, 2.24) is 5.32 Å². The number of hydrogen-bond donors (Lipinski definition) is 3. The predicted molar refractivity (Wildman–Crippen MR) is 87.2 cm³/mol. The minimum Gasteiger partial charge on any atom is -0.482 e. The summed E-state index contributed by atoms with van der Waals surface area (Å²) in [5, 5.41) is 4.78. The lowest BCUT2D eigenvalue weighted by molar-refractivity contribution is -0.153. The molecule has 0 radical (unpaired) electrons. The molecule has 0 unspecified atom stereocenters. The SMILES string of the molecule is Cc1ccc(NC(=O)CNC(=O)[C@@H](N)C(C)C)c(OCC(F)(F)F)c1. The summed E-state index contributed by atoms with van der Waals surface area (Å²) in [6.07, 6.45) is -4.49. The first-order valence-electron chi connectivity index (χ1n) is 7.63. The van der Waals surface area contributed by atoms with E-state index in [0.717, 1.165) is 0 Å².